The molecule has 2 heterocycles. The number of carbonyl (C=O) groups is 1. The Hall–Kier alpha value is -2.15. The molecule has 1 aromatic rings. The minimum Gasteiger partial charge on any atom is -0.393 e. The first kappa shape index (κ1) is 17.7. The van der Waals surface area contributed by atoms with Gasteiger partial charge in [-0.05, 0) is 37.7 Å². The van der Waals surface area contributed by atoms with Gasteiger partial charge in [-0.25, -0.2) is 0 Å². The summed E-state index contributed by atoms with van der Waals surface area (Å²) in [6.45, 7) is 4.91. The highest BCUT2D eigenvalue weighted by atomic mass is 16.6. The topological polar surface area (TPSA) is 86.9 Å². The highest BCUT2D eigenvalue weighted by Crippen LogP contribution is 2.30. The molecule has 0 aliphatic carbocycles. The van der Waals surface area contributed by atoms with Gasteiger partial charge in [0.2, 0.25) is 0 Å². The predicted octanol–water partition coefficient (Wildman–Crippen LogP) is 2.43. The molecule has 2 aliphatic heterocycles. The fraction of sp³-hybridized carbons (Fsp3) is 0.611. The van der Waals surface area contributed by atoms with E-state index in [2.05, 4.69) is 11.8 Å². The number of non-ortho nitro benzene ring substituents is 1. The molecule has 1 amide bonds. The van der Waals surface area contributed by atoms with Gasteiger partial charge in [0, 0.05) is 38.3 Å². The van der Waals surface area contributed by atoms with Crippen LogP contribution >= 0.6 is 0 Å². The number of rotatable bonds is 3. The molecule has 25 heavy (non-hydrogen) atoms. The normalized spacial score (nSPS) is 19.9. The van der Waals surface area contributed by atoms with Crippen molar-refractivity contribution >= 4 is 17.3 Å². The molecular weight excluding hydrogens is 322 g/mol. The number of amides is 1. The van der Waals surface area contributed by atoms with Crippen molar-refractivity contribution in [3.8, 4) is 0 Å². The average Bonchev–Trinajstić information content (AvgIpc) is 2.62. The number of hydrogen-bond acceptors (Lipinski definition) is 5. The van der Waals surface area contributed by atoms with Crippen LogP contribution in [0.1, 0.15) is 43.0 Å². The Morgan fingerprint density at radius 2 is 1.80 bits per heavy atom. The number of hydrogen-bond donors (Lipinski definition) is 1. The summed E-state index contributed by atoms with van der Waals surface area (Å²) in [7, 11) is 0. The smallest absolute Gasteiger partial charge is 0.270 e. The molecule has 7 nitrogen and oxygen atoms in total. The molecule has 1 N–H and O–H groups in total. The second kappa shape index (κ2) is 7.39. The van der Waals surface area contributed by atoms with Gasteiger partial charge in [-0.2, -0.15) is 0 Å². The standard InChI is InChI=1S/C18H25N3O4/c1-13-4-8-19(9-5-13)17-3-2-14(21(24)25)12-16(17)18(23)20-10-6-15(22)7-11-20/h2-3,12-13,15,22H,4-11H2,1H3. The van der Waals surface area contributed by atoms with E-state index in [0.717, 1.165) is 31.6 Å². The largest absolute Gasteiger partial charge is 0.393 e. The van der Waals surface area contributed by atoms with Crippen LogP contribution in [0.5, 0.6) is 0 Å². The molecule has 0 aromatic heterocycles. The molecule has 1 aromatic carbocycles. The van der Waals surface area contributed by atoms with Crippen LogP contribution < -0.4 is 4.90 Å². The van der Waals surface area contributed by atoms with Crippen LogP contribution in [0, 0.1) is 16.0 Å². The third-order valence-corrected chi connectivity index (χ3v) is 5.30. The lowest BCUT2D eigenvalue weighted by atomic mass is 9.97. The first-order valence-electron chi connectivity index (χ1n) is 8.96. The van der Waals surface area contributed by atoms with E-state index >= 15 is 0 Å². The summed E-state index contributed by atoms with van der Waals surface area (Å²) in [5.41, 5.74) is 1.13. The molecule has 0 spiro atoms. The summed E-state index contributed by atoms with van der Waals surface area (Å²) < 4.78 is 0. The van der Waals surface area contributed by atoms with Crippen LogP contribution in [0.4, 0.5) is 11.4 Å². The van der Waals surface area contributed by atoms with Gasteiger partial charge in [0.1, 0.15) is 0 Å². The van der Waals surface area contributed by atoms with Gasteiger partial charge >= 0.3 is 0 Å². The first-order valence-corrected chi connectivity index (χ1v) is 8.96. The second-order valence-corrected chi connectivity index (χ2v) is 7.15. The summed E-state index contributed by atoms with van der Waals surface area (Å²) in [6.07, 6.45) is 2.85. The Kier molecular flexibility index (Phi) is 5.22. The number of anilines is 1. The van der Waals surface area contributed by atoms with Crippen LogP contribution in [0.25, 0.3) is 0 Å². The fourth-order valence-corrected chi connectivity index (χ4v) is 3.57. The van der Waals surface area contributed by atoms with Gasteiger partial charge in [-0.15, -0.1) is 0 Å². The zero-order valence-corrected chi connectivity index (χ0v) is 14.6. The van der Waals surface area contributed by atoms with Gasteiger partial charge in [-0.1, -0.05) is 6.92 Å². The molecule has 7 heteroatoms. The Morgan fingerprint density at radius 1 is 1.16 bits per heavy atom. The molecule has 0 radical (unpaired) electrons. The van der Waals surface area contributed by atoms with Gasteiger partial charge in [0.25, 0.3) is 11.6 Å². The quantitative estimate of drug-likeness (QED) is 0.670. The fourth-order valence-electron chi connectivity index (χ4n) is 3.57. The van der Waals surface area contributed by atoms with Crippen molar-refractivity contribution in [2.45, 2.75) is 38.7 Å². The molecular formula is C18H25N3O4. The second-order valence-electron chi connectivity index (χ2n) is 7.15. The van der Waals surface area contributed by atoms with Gasteiger partial charge < -0.3 is 14.9 Å². The van der Waals surface area contributed by atoms with E-state index in [1.54, 1.807) is 11.0 Å². The highest BCUT2D eigenvalue weighted by molar-refractivity contribution is 6.00. The summed E-state index contributed by atoms with van der Waals surface area (Å²) in [5, 5.41) is 20.8. The third-order valence-electron chi connectivity index (χ3n) is 5.30. The molecule has 136 valence electrons. The average molecular weight is 347 g/mol. The summed E-state index contributed by atoms with van der Waals surface area (Å²) >= 11 is 0. The van der Waals surface area contributed by atoms with Gasteiger partial charge in [0.15, 0.2) is 0 Å². The molecule has 0 saturated carbocycles. The Labute approximate surface area is 147 Å². The zero-order chi connectivity index (χ0) is 18.0. The van der Waals surface area contributed by atoms with Crippen molar-refractivity contribution in [2.24, 2.45) is 5.92 Å². The van der Waals surface area contributed by atoms with E-state index in [1.165, 1.54) is 12.1 Å². The number of piperidine rings is 2. The molecule has 2 fully saturated rings. The van der Waals surface area contributed by atoms with Crippen LogP contribution in [0.3, 0.4) is 0 Å². The summed E-state index contributed by atoms with van der Waals surface area (Å²) in [4.78, 5) is 27.6. The number of aliphatic hydroxyl groups is 1. The van der Waals surface area contributed by atoms with Crippen molar-refractivity contribution in [3.63, 3.8) is 0 Å². The Balaban J connectivity index is 1.89. The lowest BCUT2D eigenvalue weighted by Gasteiger charge is -2.35. The number of carbonyl (C=O) groups excluding carboxylic acids is 1. The maximum atomic E-state index is 13.0. The number of nitrogens with zero attached hydrogens (tertiary/aromatic N) is 3. The molecule has 0 atom stereocenters. The maximum absolute atomic E-state index is 13.0. The van der Waals surface area contributed by atoms with Crippen molar-refractivity contribution in [3.05, 3.63) is 33.9 Å². The van der Waals surface area contributed by atoms with E-state index in [-0.39, 0.29) is 17.7 Å². The summed E-state index contributed by atoms with van der Waals surface area (Å²) in [6, 6.07) is 4.59. The van der Waals surface area contributed by atoms with Gasteiger partial charge in [0.05, 0.1) is 22.3 Å². The molecule has 2 aliphatic rings. The van der Waals surface area contributed by atoms with Crippen LogP contribution in [-0.2, 0) is 0 Å². The minimum atomic E-state index is -0.460. The first-order chi connectivity index (χ1) is 12.0. The summed E-state index contributed by atoms with van der Waals surface area (Å²) in [5.74, 6) is 0.487. The van der Waals surface area contributed by atoms with E-state index in [9.17, 15) is 20.0 Å². The molecule has 2 saturated heterocycles. The van der Waals surface area contributed by atoms with E-state index in [0.29, 0.717) is 37.4 Å². The molecule has 0 unspecified atom stereocenters. The van der Waals surface area contributed by atoms with Crippen molar-refractivity contribution in [1.82, 2.24) is 4.90 Å². The predicted molar refractivity (Wildman–Crippen MR) is 94.9 cm³/mol. The monoisotopic (exact) mass is 347 g/mol. The maximum Gasteiger partial charge on any atom is 0.270 e. The number of benzene rings is 1. The Morgan fingerprint density at radius 3 is 2.40 bits per heavy atom. The SMILES string of the molecule is CC1CCN(c2ccc([N+](=O)[O-])cc2C(=O)N2CCC(O)CC2)CC1. The van der Waals surface area contributed by atoms with E-state index in [4.69, 9.17) is 0 Å². The lowest BCUT2D eigenvalue weighted by molar-refractivity contribution is -0.384. The lowest BCUT2D eigenvalue weighted by Crippen LogP contribution is -2.41. The van der Waals surface area contributed by atoms with E-state index in [1.807, 2.05) is 0 Å². The van der Waals surface area contributed by atoms with Crippen molar-refractivity contribution in [1.29, 1.82) is 0 Å². The van der Waals surface area contributed by atoms with Crippen molar-refractivity contribution < 1.29 is 14.8 Å². The Bertz CT molecular complexity index is 648. The zero-order valence-electron chi connectivity index (χ0n) is 14.6. The third kappa shape index (κ3) is 3.92. The number of aliphatic hydroxyl groups excluding tert-OH is 1. The number of nitro benzene ring substituents is 1. The minimum absolute atomic E-state index is 0.0606. The van der Waals surface area contributed by atoms with Crippen LogP contribution in [0.15, 0.2) is 18.2 Å². The number of likely N-dealkylation sites (tertiary alicyclic amines) is 1. The molecule has 3 rings (SSSR count). The highest BCUT2D eigenvalue weighted by Gasteiger charge is 2.28. The van der Waals surface area contributed by atoms with Crippen LogP contribution in [-0.4, -0.2) is 53.1 Å². The van der Waals surface area contributed by atoms with Gasteiger partial charge in [-0.3, -0.25) is 14.9 Å². The van der Waals surface area contributed by atoms with E-state index < -0.39 is 4.92 Å². The number of nitro groups is 1. The van der Waals surface area contributed by atoms with Crippen molar-refractivity contribution in [2.75, 3.05) is 31.1 Å². The molecule has 0 bridgehead atoms. The van der Waals surface area contributed by atoms with Crippen LogP contribution in [0.2, 0.25) is 0 Å².